The summed E-state index contributed by atoms with van der Waals surface area (Å²) in [5.74, 6) is 0.976. The molecule has 0 aliphatic heterocycles. The largest absolute Gasteiger partial charge is 0.277 e. The minimum Gasteiger partial charge on any atom is -0.277 e. The van der Waals surface area contributed by atoms with Gasteiger partial charge in [0.25, 0.3) is 0 Å². The topological polar surface area (TPSA) is 48.2 Å². The molecule has 0 bridgehead atoms. The zero-order valence-corrected chi connectivity index (χ0v) is 10.8. The van der Waals surface area contributed by atoms with Crippen LogP contribution in [-0.2, 0) is 0 Å². The Morgan fingerprint density at radius 3 is 2.50 bits per heavy atom. The number of nitrogens with one attached hydrogen (secondary N) is 2. The van der Waals surface area contributed by atoms with Crippen LogP contribution in [0.4, 0.5) is 0 Å². The quantitative estimate of drug-likeness (QED) is 0.364. The molecule has 0 heterocycles. The lowest BCUT2D eigenvalue weighted by Crippen LogP contribution is -2.13. The Kier molecular flexibility index (Phi) is 11.4. The van der Waals surface area contributed by atoms with E-state index in [1.165, 1.54) is 11.8 Å². The summed E-state index contributed by atoms with van der Waals surface area (Å²) in [4.78, 5) is 0. The third-order valence-corrected chi connectivity index (χ3v) is 1.82. The predicted octanol–water partition coefficient (Wildman–Crippen LogP) is 2.67. The van der Waals surface area contributed by atoms with Crippen molar-refractivity contribution in [2.24, 2.45) is 5.10 Å². The SMILES string of the molecule is CCCSC(=N)NN=C(C)C.I. The van der Waals surface area contributed by atoms with Gasteiger partial charge in [-0.05, 0) is 20.3 Å². The lowest BCUT2D eigenvalue weighted by molar-refractivity contribution is 1.02. The molecule has 0 amide bonds. The van der Waals surface area contributed by atoms with Crippen LogP contribution in [0.5, 0.6) is 0 Å². The second-order valence-electron chi connectivity index (χ2n) is 2.35. The van der Waals surface area contributed by atoms with Gasteiger partial charge in [-0.15, -0.1) is 24.0 Å². The van der Waals surface area contributed by atoms with E-state index >= 15 is 0 Å². The molecule has 0 radical (unpaired) electrons. The van der Waals surface area contributed by atoms with Gasteiger partial charge >= 0.3 is 0 Å². The number of hydrogen-bond acceptors (Lipinski definition) is 3. The van der Waals surface area contributed by atoms with E-state index in [9.17, 15) is 0 Å². The molecule has 5 heteroatoms. The maximum Gasteiger partial charge on any atom is 0.174 e. The van der Waals surface area contributed by atoms with E-state index in [0.29, 0.717) is 5.17 Å². The van der Waals surface area contributed by atoms with Crippen LogP contribution in [0.3, 0.4) is 0 Å². The van der Waals surface area contributed by atoms with Gasteiger partial charge in [-0.25, -0.2) is 0 Å². The Hall–Kier alpha value is 0.220. The predicted molar refractivity (Wildman–Crippen MR) is 67.8 cm³/mol. The zero-order chi connectivity index (χ0) is 8.69. The molecule has 0 rings (SSSR count). The Morgan fingerprint density at radius 1 is 1.50 bits per heavy atom. The average molecular weight is 301 g/mol. The second-order valence-corrected chi connectivity index (χ2v) is 3.45. The van der Waals surface area contributed by atoms with E-state index in [1.54, 1.807) is 0 Å². The summed E-state index contributed by atoms with van der Waals surface area (Å²) in [6, 6.07) is 0. The average Bonchev–Trinajstić information content (AvgIpc) is 1.97. The van der Waals surface area contributed by atoms with Gasteiger partial charge in [-0.2, -0.15) is 5.10 Å². The number of thioether (sulfide) groups is 1. The van der Waals surface area contributed by atoms with E-state index in [1.807, 2.05) is 13.8 Å². The first kappa shape index (κ1) is 14.7. The molecular weight excluding hydrogens is 285 g/mol. The molecule has 0 aliphatic carbocycles. The van der Waals surface area contributed by atoms with Crippen molar-refractivity contribution in [1.82, 2.24) is 5.43 Å². The zero-order valence-electron chi connectivity index (χ0n) is 7.68. The van der Waals surface area contributed by atoms with E-state index in [0.717, 1.165) is 17.9 Å². The molecule has 0 saturated carbocycles. The lowest BCUT2D eigenvalue weighted by atomic mass is 10.5. The molecule has 0 aliphatic rings. The molecule has 12 heavy (non-hydrogen) atoms. The van der Waals surface area contributed by atoms with E-state index in [4.69, 9.17) is 5.41 Å². The van der Waals surface area contributed by atoms with Crippen molar-refractivity contribution in [2.45, 2.75) is 27.2 Å². The number of hydrogen-bond donors (Lipinski definition) is 2. The molecular formula is C7H16IN3S. The van der Waals surface area contributed by atoms with Crippen molar-refractivity contribution in [3.05, 3.63) is 0 Å². The first-order valence-corrected chi connectivity index (χ1v) is 4.63. The number of hydrazone groups is 1. The molecule has 0 saturated heterocycles. The molecule has 2 N–H and O–H groups in total. The minimum absolute atomic E-state index is 0. The van der Waals surface area contributed by atoms with Gasteiger partial charge in [0, 0.05) is 11.5 Å². The maximum absolute atomic E-state index is 7.33. The van der Waals surface area contributed by atoms with Crippen LogP contribution in [0.2, 0.25) is 0 Å². The Labute approximate surface area is 95.3 Å². The van der Waals surface area contributed by atoms with Gasteiger partial charge in [0.1, 0.15) is 0 Å². The second kappa shape index (κ2) is 9.31. The summed E-state index contributed by atoms with van der Waals surface area (Å²) in [7, 11) is 0. The molecule has 0 atom stereocenters. The van der Waals surface area contributed by atoms with Crippen LogP contribution in [-0.4, -0.2) is 16.6 Å². The summed E-state index contributed by atoms with van der Waals surface area (Å²) in [5.41, 5.74) is 3.59. The fraction of sp³-hybridized carbons (Fsp3) is 0.714. The van der Waals surface area contributed by atoms with Gasteiger partial charge in [-0.1, -0.05) is 18.7 Å². The number of rotatable bonds is 3. The first-order chi connectivity index (χ1) is 5.16. The lowest BCUT2D eigenvalue weighted by Gasteiger charge is -2.00. The van der Waals surface area contributed by atoms with Crippen molar-refractivity contribution in [2.75, 3.05) is 5.75 Å². The summed E-state index contributed by atoms with van der Waals surface area (Å²) < 4.78 is 0. The molecule has 0 aromatic rings. The van der Waals surface area contributed by atoms with Crippen LogP contribution in [0, 0.1) is 5.41 Å². The highest BCUT2D eigenvalue weighted by molar-refractivity contribution is 14.0. The maximum atomic E-state index is 7.33. The Bertz CT molecular complexity index is 155. The highest BCUT2D eigenvalue weighted by atomic mass is 127. The monoisotopic (exact) mass is 301 g/mol. The highest BCUT2D eigenvalue weighted by Crippen LogP contribution is 2.00. The number of halogens is 1. The normalized spacial score (nSPS) is 8.25. The standard InChI is InChI=1S/C7H15N3S.HI/c1-4-5-11-7(8)10-9-6(2)3;/h4-5H2,1-3H3,(H2,8,10);1H. The van der Waals surface area contributed by atoms with Crippen LogP contribution >= 0.6 is 35.7 Å². The third kappa shape index (κ3) is 10.2. The Morgan fingerprint density at radius 2 is 2.08 bits per heavy atom. The van der Waals surface area contributed by atoms with Crippen molar-refractivity contribution in [3.8, 4) is 0 Å². The van der Waals surface area contributed by atoms with Crippen LogP contribution < -0.4 is 5.43 Å². The first-order valence-electron chi connectivity index (χ1n) is 3.65. The fourth-order valence-corrected chi connectivity index (χ4v) is 0.917. The van der Waals surface area contributed by atoms with Gasteiger partial charge in [0.05, 0.1) is 0 Å². The van der Waals surface area contributed by atoms with E-state index in [2.05, 4.69) is 17.5 Å². The van der Waals surface area contributed by atoms with Gasteiger partial charge in [-0.3, -0.25) is 10.8 Å². The number of amidine groups is 1. The van der Waals surface area contributed by atoms with Crippen molar-refractivity contribution < 1.29 is 0 Å². The summed E-state index contributed by atoms with van der Waals surface area (Å²) in [6.07, 6.45) is 1.09. The molecule has 0 spiro atoms. The highest BCUT2D eigenvalue weighted by Gasteiger charge is 1.92. The summed E-state index contributed by atoms with van der Waals surface area (Å²) in [6.45, 7) is 5.88. The van der Waals surface area contributed by atoms with Crippen molar-refractivity contribution >= 4 is 46.6 Å². The van der Waals surface area contributed by atoms with E-state index < -0.39 is 0 Å². The number of nitrogens with zero attached hydrogens (tertiary/aromatic N) is 1. The minimum atomic E-state index is 0. The van der Waals surface area contributed by atoms with Gasteiger partial charge < -0.3 is 0 Å². The Balaban J connectivity index is 0. The van der Waals surface area contributed by atoms with Gasteiger partial charge in [0.15, 0.2) is 5.17 Å². The molecule has 0 aromatic carbocycles. The van der Waals surface area contributed by atoms with Crippen LogP contribution in [0.25, 0.3) is 0 Å². The summed E-state index contributed by atoms with van der Waals surface area (Å²) >= 11 is 1.48. The molecule has 0 unspecified atom stereocenters. The van der Waals surface area contributed by atoms with Gasteiger partial charge in [0.2, 0.25) is 0 Å². The molecule has 3 nitrogen and oxygen atoms in total. The van der Waals surface area contributed by atoms with Crippen molar-refractivity contribution in [1.29, 1.82) is 5.41 Å². The molecule has 0 aromatic heterocycles. The fourth-order valence-electron chi connectivity index (χ4n) is 0.399. The summed E-state index contributed by atoms with van der Waals surface area (Å²) in [5, 5.41) is 11.7. The molecule has 0 fully saturated rings. The van der Waals surface area contributed by atoms with Crippen LogP contribution in [0.15, 0.2) is 5.10 Å². The third-order valence-electron chi connectivity index (χ3n) is 0.832. The molecule has 72 valence electrons. The van der Waals surface area contributed by atoms with Crippen LogP contribution in [0.1, 0.15) is 27.2 Å². The smallest absolute Gasteiger partial charge is 0.174 e. The van der Waals surface area contributed by atoms with Crippen molar-refractivity contribution in [3.63, 3.8) is 0 Å². The van der Waals surface area contributed by atoms with E-state index in [-0.39, 0.29) is 24.0 Å².